The van der Waals surface area contributed by atoms with Crippen molar-refractivity contribution >= 4 is 6.09 Å². The van der Waals surface area contributed by atoms with Crippen LogP contribution in [0.4, 0.5) is 4.79 Å². The molecule has 0 spiro atoms. The van der Waals surface area contributed by atoms with Gasteiger partial charge in [-0.25, -0.2) is 10.3 Å². The molecule has 1 amide bonds. The number of nitrogens with one attached hydrogen (secondary N) is 1. The van der Waals surface area contributed by atoms with Gasteiger partial charge >= 0.3 is 6.09 Å². The fourth-order valence-corrected chi connectivity index (χ4v) is 0.941. The molecule has 2 N–H and O–H groups in total. The van der Waals surface area contributed by atoms with Gasteiger partial charge in [-0.15, -0.1) is 0 Å². The van der Waals surface area contributed by atoms with Gasteiger partial charge in [0.15, 0.2) is 0 Å². The molecular weight excluding hydrogens is 206 g/mol. The first-order chi connectivity index (χ1) is 7.74. The molecule has 0 aliphatic heterocycles. The molecule has 0 heterocycles. The molecule has 0 aliphatic rings. The molecule has 1 rings (SSSR count). The molecule has 1 aromatic rings. The minimum Gasteiger partial charge on any atom is -0.448 e. The van der Waals surface area contributed by atoms with E-state index in [1.807, 2.05) is 13.0 Å². The molecule has 0 aliphatic carbocycles. The van der Waals surface area contributed by atoms with Crippen LogP contribution in [0.15, 0.2) is 30.3 Å². The Morgan fingerprint density at radius 2 is 1.94 bits per heavy atom. The highest BCUT2D eigenvalue weighted by Crippen LogP contribution is 1.96. The quantitative estimate of drug-likeness (QED) is 0.614. The number of hydroxylamine groups is 1. The minimum absolute atomic E-state index is 0.340. The molecule has 1 aromatic carbocycles. The van der Waals surface area contributed by atoms with Crippen LogP contribution in [-0.4, -0.2) is 17.9 Å². The normalized spacial score (nSPS) is 8.69. The second-order valence-electron chi connectivity index (χ2n) is 3.09. The standard InChI is InChI=1S/C8H10.C4H9NO3/c1-2-8-6-4-3-5-7-8;1-2-3-8-4(6)5-7/h3-7H,2H2,1H3;7H,2-3H2,1H3,(H,5,6). The van der Waals surface area contributed by atoms with Crippen molar-refractivity contribution in [3.8, 4) is 0 Å². The third kappa shape index (κ3) is 7.82. The lowest BCUT2D eigenvalue weighted by atomic mass is 10.2. The van der Waals surface area contributed by atoms with Gasteiger partial charge in [-0.2, -0.15) is 0 Å². The molecule has 4 nitrogen and oxygen atoms in total. The second-order valence-corrected chi connectivity index (χ2v) is 3.09. The summed E-state index contributed by atoms with van der Waals surface area (Å²) in [6.45, 7) is 4.37. The summed E-state index contributed by atoms with van der Waals surface area (Å²) in [5, 5.41) is 7.84. The second kappa shape index (κ2) is 9.98. The third-order valence-electron chi connectivity index (χ3n) is 1.78. The summed E-state index contributed by atoms with van der Waals surface area (Å²) in [5.74, 6) is 0. The van der Waals surface area contributed by atoms with Crippen molar-refractivity contribution in [2.75, 3.05) is 6.61 Å². The van der Waals surface area contributed by atoms with E-state index < -0.39 is 6.09 Å². The monoisotopic (exact) mass is 225 g/mol. The smallest absolute Gasteiger partial charge is 0.431 e. The summed E-state index contributed by atoms with van der Waals surface area (Å²) in [5.41, 5.74) is 2.75. The van der Waals surface area contributed by atoms with E-state index in [9.17, 15) is 4.79 Å². The highest BCUT2D eigenvalue weighted by molar-refractivity contribution is 5.65. The minimum atomic E-state index is -0.799. The molecule has 0 atom stereocenters. The lowest BCUT2D eigenvalue weighted by molar-refractivity contribution is 0.0892. The number of aryl methyl sites for hydroxylation is 1. The maximum atomic E-state index is 9.99. The maximum Gasteiger partial charge on any atom is 0.431 e. The molecule has 0 saturated heterocycles. The van der Waals surface area contributed by atoms with Crippen LogP contribution in [-0.2, 0) is 11.2 Å². The van der Waals surface area contributed by atoms with E-state index in [0.717, 1.165) is 12.8 Å². The summed E-state index contributed by atoms with van der Waals surface area (Å²) in [7, 11) is 0. The molecule has 0 saturated carbocycles. The lowest BCUT2D eigenvalue weighted by Crippen LogP contribution is -2.19. The van der Waals surface area contributed by atoms with Crippen LogP contribution in [0.5, 0.6) is 0 Å². The Morgan fingerprint density at radius 1 is 1.31 bits per heavy atom. The van der Waals surface area contributed by atoms with E-state index in [1.54, 1.807) is 0 Å². The van der Waals surface area contributed by atoms with Gasteiger partial charge in [-0.1, -0.05) is 44.2 Å². The molecule has 0 fully saturated rings. The SMILES string of the molecule is CCCOC(=O)NO.CCc1ccccc1. The number of hydrogen-bond acceptors (Lipinski definition) is 3. The van der Waals surface area contributed by atoms with E-state index >= 15 is 0 Å². The van der Waals surface area contributed by atoms with Crippen LogP contribution in [0.1, 0.15) is 25.8 Å². The zero-order chi connectivity index (χ0) is 12.2. The Bertz CT molecular complexity index is 275. The summed E-state index contributed by atoms with van der Waals surface area (Å²) < 4.78 is 4.34. The van der Waals surface area contributed by atoms with Crippen molar-refractivity contribution in [1.29, 1.82) is 0 Å². The van der Waals surface area contributed by atoms with Gasteiger partial charge in [0.2, 0.25) is 0 Å². The van der Waals surface area contributed by atoms with Gasteiger partial charge < -0.3 is 4.74 Å². The Morgan fingerprint density at radius 3 is 2.31 bits per heavy atom. The Hall–Kier alpha value is -1.55. The van der Waals surface area contributed by atoms with Crippen molar-refractivity contribution in [2.45, 2.75) is 26.7 Å². The highest BCUT2D eigenvalue weighted by Gasteiger charge is 1.93. The Labute approximate surface area is 96.2 Å². The third-order valence-corrected chi connectivity index (χ3v) is 1.78. The zero-order valence-corrected chi connectivity index (χ0v) is 9.77. The van der Waals surface area contributed by atoms with Crippen molar-refractivity contribution in [1.82, 2.24) is 5.48 Å². The van der Waals surface area contributed by atoms with E-state index in [4.69, 9.17) is 5.21 Å². The fourth-order valence-electron chi connectivity index (χ4n) is 0.941. The predicted octanol–water partition coefficient (Wildman–Crippen LogP) is 2.76. The molecule has 16 heavy (non-hydrogen) atoms. The van der Waals surface area contributed by atoms with Gasteiger partial charge in [-0.3, -0.25) is 5.21 Å². The van der Waals surface area contributed by atoms with Crippen LogP contribution in [0.2, 0.25) is 0 Å². The average molecular weight is 225 g/mol. The first-order valence-electron chi connectivity index (χ1n) is 5.35. The number of benzene rings is 1. The predicted molar refractivity (Wildman–Crippen MR) is 62.4 cm³/mol. The molecule has 0 bridgehead atoms. The van der Waals surface area contributed by atoms with Gasteiger partial charge in [0.05, 0.1) is 6.61 Å². The first kappa shape index (κ1) is 14.5. The number of rotatable bonds is 3. The zero-order valence-electron chi connectivity index (χ0n) is 9.77. The maximum absolute atomic E-state index is 9.99. The van der Waals surface area contributed by atoms with Crippen molar-refractivity contribution < 1.29 is 14.7 Å². The number of amides is 1. The highest BCUT2D eigenvalue weighted by atomic mass is 16.6. The van der Waals surface area contributed by atoms with Crippen molar-refractivity contribution in [3.63, 3.8) is 0 Å². The number of carbonyl (C=O) groups excluding carboxylic acids is 1. The first-order valence-corrected chi connectivity index (χ1v) is 5.35. The summed E-state index contributed by atoms with van der Waals surface area (Å²) in [4.78, 5) is 9.99. The van der Waals surface area contributed by atoms with Gasteiger partial charge in [-0.05, 0) is 18.4 Å². The van der Waals surface area contributed by atoms with Gasteiger partial charge in [0.25, 0.3) is 0 Å². The molecule has 90 valence electrons. The van der Waals surface area contributed by atoms with Crippen LogP contribution in [0.3, 0.4) is 0 Å². The van der Waals surface area contributed by atoms with E-state index in [-0.39, 0.29) is 0 Å². The summed E-state index contributed by atoms with van der Waals surface area (Å²) >= 11 is 0. The molecule has 0 unspecified atom stereocenters. The van der Waals surface area contributed by atoms with E-state index in [0.29, 0.717) is 6.61 Å². The fraction of sp³-hybridized carbons (Fsp3) is 0.417. The van der Waals surface area contributed by atoms with E-state index in [1.165, 1.54) is 11.0 Å². The largest absolute Gasteiger partial charge is 0.448 e. The topological polar surface area (TPSA) is 58.6 Å². The molecule has 0 aromatic heterocycles. The Balaban J connectivity index is 0.000000281. The average Bonchev–Trinajstić information content (AvgIpc) is 2.37. The molecule has 0 radical (unpaired) electrons. The summed E-state index contributed by atoms with van der Waals surface area (Å²) in [6.07, 6.45) is 1.10. The van der Waals surface area contributed by atoms with Gasteiger partial charge in [0.1, 0.15) is 0 Å². The molecule has 4 heteroatoms. The van der Waals surface area contributed by atoms with Gasteiger partial charge in [0, 0.05) is 0 Å². The summed E-state index contributed by atoms with van der Waals surface area (Å²) in [6, 6.07) is 10.5. The molecular formula is C12H19NO3. The number of hydrogen-bond donors (Lipinski definition) is 2. The van der Waals surface area contributed by atoms with E-state index in [2.05, 4.69) is 35.9 Å². The van der Waals surface area contributed by atoms with Crippen molar-refractivity contribution in [2.24, 2.45) is 0 Å². The van der Waals surface area contributed by atoms with Crippen LogP contribution >= 0.6 is 0 Å². The number of ether oxygens (including phenoxy) is 1. The van der Waals surface area contributed by atoms with Crippen LogP contribution in [0.25, 0.3) is 0 Å². The van der Waals surface area contributed by atoms with Crippen LogP contribution in [0, 0.1) is 0 Å². The van der Waals surface area contributed by atoms with Crippen molar-refractivity contribution in [3.05, 3.63) is 35.9 Å². The van der Waals surface area contributed by atoms with Crippen LogP contribution < -0.4 is 5.48 Å². The Kier molecular flexibility index (Phi) is 9.02. The lowest BCUT2D eigenvalue weighted by Gasteiger charge is -1.97. The number of carbonyl (C=O) groups is 1.